The largest absolute Gasteiger partial charge is 0.337 e. The number of amides is 1. The third-order valence-corrected chi connectivity index (χ3v) is 7.18. The van der Waals surface area contributed by atoms with E-state index in [2.05, 4.69) is 4.98 Å². The summed E-state index contributed by atoms with van der Waals surface area (Å²) in [6.45, 7) is 0.990. The highest BCUT2D eigenvalue weighted by molar-refractivity contribution is 7.89. The minimum Gasteiger partial charge on any atom is -0.337 e. The van der Waals surface area contributed by atoms with Gasteiger partial charge in [0.2, 0.25) is 10.0 Å². The van der Waals surface area contributed by atoms with Gasteiger partial charge in [-0.1, -0.05) is 23.7 Å². The van der Waals surface area contributed by atoms with E-state index >= 15 is 0 Å². The Bertz CT molecular complexity index is 905. The van der Waals surface area contributed by atoms with Crippen LogP contribution in [0.2, 0.25) is 5.02 Å². The highest BCUT2D eigenvalue weighted by atomic mass is 35.5. The summed E-state index contributed by atoms with van der Waals surface area (Å²) in [6.07, 6.45) is 4.50. The Morgan fingerprint density at radius 1 is 1.33 bits per heavy atom. The zero-order valence-corrected chi connectivity index (χ0v) is 16.7. The molecule has 6 nitrogen and oxygen atoms in total. The van der Waals surface area contributed by atoms with Crippen molar-refractivity contribution in [3.8, 4) is 0 Å². The Labute approximate surface area is 164 Å². The molecule has 144 valence electrons. The number of aromatic nitrogens is 1. The van der Waals surface area contributed by atoms with Crippen molar-refractivity contribution < 1.29 is 13.2 Å². The number of carbonyl (C=O) groups excluding carboxylic acids is 1. The number of hydrogen-bond acceptors (Lipinski definition) is 4. The number of carbonyl (C=O) groups is 1. The normalized spacial score (nSPS) is 17.9. The van der Waals surface area contributed by atoms with Crippen LogP contribution in [0.5, 0.6) is 0 Å². The number of piperidine rings is 1. The van der Waals surface area contributed by atoms with Crippen molar-refractivity contribution in [3.05, 3.63) is 64.9 Å². The molecule has 0 N–H and O–H groups in total. The number of pyridine rings is 1. The smallest absolute Gasteiger partial charge is 0.253 e. The van der Waals surface area contributed by atoms with E-state index in [1.54, 1.807) is 54.7 Å². The first-order chi connectivity index (χ1) is 12.9. The van der Waals surface area contributed by atoms with Gasteiger partial charge in [0, 0.05) is 49.7 Å². The molecule has 27 heavy (non-hydrogen) atoms. The average Bonchev–Trinajstić information content (AvgIpc) is 2.68. The monoisotopic (exact) mass is 407 g/mol. The predicted octanol–water partition coefficient (Wildman–Crippen LogP) is 2.80. The summed E-state index contributed by atoms with van der Waals surface area (Å²) in [4.78, 5) is 18.4. The summed E-state index contributed by atoms with van der Waals surface area (Å²) in [7, 11) is -1.96. The first kappa shape index (κ1) is 19.8. The third kappa shape index (κ3) is 4.66. The summed E-state index contributed by atoms with van der Waals surface area (Å²) >= 11 is 5.97. The maximum absolute atomic E-state index is 13.0. The Morgan fingerprint density at radius 3 is 2.85 bits per heavy atom. The maximum atomic E-state index is 13.0. The Hall–Kier alpha value is -1.96. The molecule has 1 fully saturated rings. The van der Waals surface area contributed by atoms with E-state index in [9.17, 15) is 13.2 Å². The highest BCUT2D eigenvalue weighted by Crippen LogP contribution is 2.23. The average molecular weight is 408 g/mol. The molecule has 1 amide bonds. The van der Waals surface area contributed by atoms with Gasteiger partial charge in [0.15, 0.2) is 0 Å². The molecule has 8 heteroatoms. The van der Waals surface area contributed by atoms with E-state index in [1.165, 1.54) is 4.31 Å². The molecule has 2 aromatic rings. The molecule has 0 unspecified atom stereocenters. The zero-order chi connectivity index (χ0) is 19.4. The lowest BCUT2D eigenvalue weighted by atomic mass is 10.1. The van der Waals surface area contributed by atoms with Gasteiger partial charge in [0.05, 0.1) is 5.25 Å². The topological polar surface area (TPSA) is 70.6 Å². The molecule has 0 aliphatic carbocycles. The number of hydrogen-bond donors (Lipinski definition) is 0. The maximum Gasteiger partial charge on any atom is 0.253 e. The van der Waals surface area contributed by atoms with Crippen LogP contribution in [0.25, 0.3) is 0 Å². The van der Waals surface area contributed by atoms with Gasteiger partial charge in [-0.25, -0.2) is 12.7 Å². The van der Waals surface area contributed by atoms with E-state index in [1.807, 2.05) is 6.07 Å². The number of sulfonamides is 1. The second kappa shape index (κ2) is 8.37. The molecule has 1 aromatic carbocycles. The van der Waals surface area contributed by atoms with Crippen LogP contribution < -0.4 is 0 Å². The van der Waals surface area contributed by atoms with Gasteiger partial charge in [0.1, 0.15) is 0 Å². The van der Waals surface area contributed by atoms with Gasteiger partial charge in [-0.15, -0.1) is 0 Å². The molecule has 0 spiro atoms. The Kier molecular flexibility index (Phi) is 6.14. The van der Waals surface area contributed by atoms with Crippen LogP contribution in [0.15, 0.2) is 48.8 Å². The molecule has 1 aliphatic rings. The summed E-state index contributed by atoms with van der Waals surface area (Å²) in [5, 5.41) is -0.130. The summed E-state index contributed by atoms with van der Waals surface area (Å²) < 4.78 is 27.3. The van der Waals surface area contributed by atoms with Crippen LogP contribution in [0.4, 0.5) is 0 Å². The van der Waals surface area contributed by atoms with Gasteiger partial charge < -0.3 is 4.90 Å². The van der Waals surface area contributed by atoms with Crippen LogP contribution in [-0.4, -0.2) is 53.9 Å². The van der Waals surface area contributed by atoms with Crippen molar-refractivity contribution in [2.75, 3.05) is 20.1 Å². The highest BCUT2D eigenvalue weighted by Gasteiger charge is 2.35. The van der Waals surface area contributed by atoms with Gasteiger partial charge in [-0.2, -0.15) is 0 Å². The number of rotatable bonds is 5. The van der Waals surface area contributed by atoms with E-state index in [-0.39, 0.29) is 19.0 Å². The zero-order valence-electron chi connectivity index (χ0n) is 15.1. The summed E-state index contributed by atoms with van der Waals surface area (Å²) in [5.74, 6) is -0.188. The van der Waals surface area contributed by atoms with Gasteiger partial charge in [-0.3, -0.25) is 9.78 Å². The lowest BCUT2D eigenvalue weighted by Crippen LogP contribution is -2.48. The van der Waals surface area contributed by atoms with Crippen LogP contribution >= 0.6 is 11.6 Å². The molecule has 2 heterocycles. The SMILES string of the molecule is CN(Cc1cccnc1)S(=O)(=O)[C@@H]1CCCN(C(=O)c2cccc(Cl)c2)C1. The number of nitrogens with zero attached hydrogens (tertiary/aromatic N) is 3. The van der Waals surface area contributed by atoms with E-state index < -0.39 is 15.3 Å². The van der Waals surface area contributed by atoms with Gasteiger partial charge in [0.25, 0.3) is 5.91 Å². The molecule has 3 rings (SSSR count). The third-order valence-electron chi connectivity index (χ3n) is 4.72. The van der Waals surface area contributed by atoms with Crippen molar-refractivity contribution >= 4 is 27.5 Å². The molecule has 1 aliphatic heterocycles. The lowest BCUT2D eigenvalue weighted by Gasteiger charge is -2.34. The van der Waals surface area contributed by atoms with Crippen molar-refractivity contribution in [1.29, 1.82) is 0 Å². The second-order valence-corrected chi connectivity index (χ2v) is 9.44. The van der Waals surface area contributed by atoms with Crippen LogP contribution in [-0.2, 0) is 16.6 Å². The Balaban J connectivity index is 1.71. The summed E-state index contributed by atoms with van der Waals surface area (Å²) in [5.41, 5.74) is 1.30. The van der Waals surface area contributed by atoms with Gasteiger partial charge >= 0.3 is 0 Å². The quantitative estimate of drug-likeness (QED) is 0.764. The molecule has 1 aromatic heterocycles. The van der Waals surface area contributed by atoms with Crippen molar-refractivity contribution in [2.45, 2.75) is 24.6 Å². The Morgan fingerprint density at radius 2 is 2.15 bits per heavy atom. The molecule has 0 bridgehead atoms. The number of likely N-dealkylation sites (tertiary alicyclic amines) is 1. The first-order valence-corrected chi connectivity index (χ1v) is 10.6. The molecule has 0 radical (unpaired) electrons. The minimum absolute atomic E-state index is 0.186. The predicted molar refractivity (Wildman–Crippen MR) is 105 cm³/mol. The second-order valence-electron chi connectivity index (χ2n) is 6.69. The first-order valence-electron chi connectivity index (χ1n) is 8.77. The number of halogens is 1. The minimum atomic E-state index is -3.53. The molecular formula is C19H22ClN3O3S. The molecule has 1 atom stereocenters. The lowest BCUT2D eigenvalue weighted by molar-refractivity contribution is 0.0725. The van der Waals surface area contributed by atoms with E-state index in [0.717, 1.165) is 5.56 Å². The molecule has 0 saturated carbocycles. The van der Waals surface area contributed by atoms with Crippen LogP contribution in [0, 0.1) is 0 Å². The van der Waals surface area contributed by atoms with E-state index in [0.29, 0.717) is 30.0 Å². The van der Waals surface area contributed by atoms with Crippen molar-refractivity contribution in [2.24, 2.45) is 0 Å². The molecular weight excluding hydrogens is 386 g/mol. The fraction of sp³-hybridized carbons (Fsp3) is 0.368. The van der Waals surface area contributed by atoms with Crippen molar-refractivity contribution in [1.82, 2.24) is 14.2 Å². The van der Waals surface area contributed by atoms with Crippen LogP contribution in [0.3, 0.4) is 0 Å². The van der Waals surface area contributed by atoms with Gasteiger partial charge in [-0.05, 0) is 42.7 Å². The standard InChI is InChI=1S/C19H22ClN3O3S/c1-22(13-15-5-3-9-21-12-15)27(25,26)18-8-4-10-23(14-18)19(24)16-6-2-7-17(20)11-16/h2-3,5-7,9,11-12,18H,4,8,10,13-14H2,1H3/t18-/m1/s1. The number of benzene rings is 1. The fourth-order valence-corrected chi connectivity index (χ4v) is 5.12. The van der Waals surface area contributed by atoms with Crippen molar-refractivity contribution in [3.63, 3.8) is 0 Å². The van der Waals surface area contributed by atoms with Crippen LogP contribution in [0.1, 0.15) is 28.8 Å². The summed E-state index contributed by atoms with van der Waals surface area (Å²) in [6, 6.07) is 10.3. The molecule has 1 saturated heterocycles. The van der Waals surface area contributed by atoms with E-state index in [4.69, 9.17) is 11.6 Å². The fourth-order valence-electron chi connectivity index (χ4n) is 3.26.